The predicted octanol–water partition coefficient (Wildman–Crippen LogP) is 2.36. The van der Waals surface area contributed by atoms with Gasteiger partial charge >= 0.3 is 0 Å². The Kier molecular flexibility index (Phi) is 5.66. The van der Waals surface area contributed by atoms with E-state index in [1.807, 2.05) is 0 Å². The summed E-state index contributed by atoms with van der Waals surface area (Å²) < 4.78 is 10.8. The van der Waals surface area contributed by atoms with Crippen LogP contribution in [0.15, 0.2) is 30.5 Å². The van der Waals surface area contributed by atoms with Crippen molar-refractivity contribution in [3.05, 3.63) is 63.0 Å². The Morgan fingerprint density at radius 3 is 2.64 bits per heavy atom. The largest absolute Gasteiger partial charge is 0.489 e. The maximum Gasteiger partial charge on any atom is 0.272 e. The van der Waals surface area contributed by atoms with Gasteiger partial charge in [0.25, 0.3) is 11.6 Å². The molecule has 1 atom stereocenters. The number of rotatable bonds is 7. The molecule has 1 amide bonds. The second-order valence-electron chi connectivity index (χ2n) is 5.49. The van der Waals surface area contributed by atoms with E-state index in [9.17, 15) is 14.9 Å². The molecule has 1 unspecified atom stereocenters. The molecule has 2 rings (SSSR count). The second kappa shape index (κ2) is 7.71. The van der Waals surface area contributed by atoms with E-state index in [0.717, 1.165) is 5.56 Å². The molecule has 2 aromatic rings. The lowest BCUT2D eigenvalue weighted by Crippen LogP contribution is -2.23. The van der Waals surface area contributed by atoms with E-state index in [0.29, 0.717) is 22.6 Å². The molecule has 25 heavy (non-hydrogen) atoms. The first-order chi connectivity index (χ1) is 11.8. The lowest BCUT2D eigenvalue weighted by Gasteiger charge is -2.14. The summed E-state index contributed by atoms with van der Waals surface area (Å²) in [5.74, 6) is -0.0745. The van der Waals surface area contributed by atoms with Gasteiger partial charge in [0.1, 0.15) is 12.4 Å². The zero-order chi connectivity index (χ0) is 18.6. The monoisotopic (exact) mass is 345 g/mol. The van der Waals surface area contributed by atoms with Crippen molar-refractivity contribution < 1.29 is 19.2 Å². The molecule has 0 aliphatic carbocycles. The number of pyridine rings is 1. The number of hydrogen-bond donors (Lipinski definition) is 1. The van der Waals surface area contributed by atoms with Gasteiger partial charge < -0.3 is 15.2 Å². The highest BCUT2D eigenvalue weighted by atomic mass is 16.6. The Morgan fingerprint density at radius 2 is 2.04 bits per heavy atom. The summed E-state index contributed by atoms with van der Waals surface area (Å²) in [6, 6.07) is 6.41. The number of methoxy groups -OCH3 is 1. The number of aromatic nitrogens is 1. The third-order valence-electron chi connectivity index (χ3n) is 3.91. The minimum atomic E-state index is -0.927. The van der Waals surface area contributed by atoms with Gasteiger partial charge in [-0.15, -0.1) is 0 Å². The van der Waals surface area contributed by atoms with Gasteiger partial charge in [-0.2, -0.15) is 0 Å². The number of amides is 1. The van der Waals surface area contributed by atoms with Gasteiger partial charge in [0.15, 0.2) is 6.10 Å². The summed E-state index contributed by atoms with van der Waals surface area (Å²) in [6.07, 6.45) is 0.611. The molecular weight excluding hydrogens is 326 g/mol. The molecular formula is C17H19N3O5. The molecule has 8 heteroatoms. The molecule has 0 aliphatic heterocycles. The Morgan fingerprint density at radius 1 is 1.32 bits per heavy atom. The van der Waals surface area contributed by atoms with E-state index in [1.54, 1.807) is 32.0 Å². The van der Waals surface area contributed by atoms with E-state index >= 15 is 0 Å². The number of carbonyl (C=O) groups is 1. The molecule has 0 saturated carbocycles. The van der Waals surface area contributed by atoms with Crippen molar-refractivity contribution in [2.45, 2.75) is 26.6 Å². The van der Waals surface area contributed by atoms with Crippen molar-refractivity contribution in [3.8, 4) is 5.75 Å². The van der Waals surface area contributed by atoms with E-state index in [2.05, 4.69) is 4.98 Å². The summed E-state index contributed by atoms with van der Waals surface area (Å²) in [5.41, 5.74) is 7.76. The van der Waals surface area contributed by atoms with Crippen LogP contribution in [0.5, 0.6) is 5.75 Å². The molecule has 1 heterocycles. The molecule has 0 spiro atoms. The fourth-order valence-corrected chi connectivity index (χ4v) is 2.41. The minimum Gasteiger partial charge on any atom is -0.489 e. The first-order valence-electron chi connectivity index (χ1n) is 7.49. The highest BCUT2D eigenvalue weighted by molar-refractivity contribution is 5.79. The number of benzene rings is 1. The van der Waals surface area contributed by atoms with Crippen molar-refractivity contribution in [1.29, 1.82) is 0 Å². The molecule has 0 fully saturated rings. The van der Waals surface area contributed by atoms with Gasteiger partial charge in [-0.25, -0.2) is 0 Å². The van der Waals surface area contributed by atoms with Gasteiger partial charge in [0, 0.05) is 30.5 Å². The molecule has 0 radical (unpaired) electrons. The van der Waals surface area contributed by atoms with Crippen LogP contribution in [0.25, 0.3) is 0 Å². The third kappa shape index (κ3) is 4.10. The highest BCUT2D eigenvalue weighted by Gasteiger charge is 2.19. The number of nitro groups is 1. The Bertz CT molecular complexity index is 807. The first-order valence-corrected chi connectivity index (χ1v) is 7.49. The van der Waals surface area contributed by atoms with Gasteiger partial charge in [-0.05, 0) is 37.6 Å². The Balaban J connectivity index is 2.18. The Labute approximate surface area is 144 Å². The Hall–Kier alpha value is -3.00. The van der Waals surface area contributed by atoms with Crippen LogP contribution in [0.4, 0.5) is 5.69 Å². The lowest BCUT2D eigenvalue weighted by atomic mass is 10.1. The average Bonchev–Trinajstić information content (AvgIpc) is 2.56. The maximum atomic E-state index is 11.4. The molecule has 0 saturated heterocycles. The normalized spacial score (nSPS) is 11.8. The van der Waals surface area contributed by atoms with E-state index in [4.69, 9.17) is 15.2 Å². The number of hydrogen-bond acceptors (Lipinski definition) is 6. The van der Waals surface area contributed by atoms with E-state index < -0.39 is 16.9 Å². The molecule has 8 nitrogen and oxygen atoms in total. The number of nitro benzene ring substituents is 1. The lowest BCUT2D eigenvalue weighted by molar-refractivity contribution is -0.385. The summed E-state index contributed by atoms with van der Waals surface area (Å²) in [4.78, 5) is 26.0. The van der Waals surface area contributed by atoms with E-state index in [1.165, 1.54) is 19.4 Å². The SMILES string of the molecule is COC(C(N)=O)c1cc(COc2ccc([N+](=O)[O-])c(C)c2C)ccn1. The molecule has 0 aliphatic rings. The van der Waals surface area contributed by atoms with Gasteiger partial charge in [-0.3, -0.25) is 19.9 Å². The topological polar surface area (TPSA) is 118 Å². The van der Waals surface area contributed by atoms with Crippen molar-refractivity contribution in [3.63, 3.8) is 0 Å². The summed E-state index contributed by atoms with van der Waals surface area (Å²) in [6.45, 7) is 3.66. The first kappa shape index (κ1) is 18.3. The van der Waals surface area contributed by atoms with Crippen LogP contribution in [-0.2, 0) is 16.1 Å². The smallest absolute Gasteiger partial charge is 0.272 e. The van der Waals surface area contributed by atoms with Crippen LogP contribution in [0.1, 0.15) is 28.5 Å². The van der Waals surface area contributed by atoms with Crippen molar-refractivity contribution in [2.75, 3.05) is 7.11 Å². The number of carbonyl (C=O) groups excluding carboxylic acids is 1. The minimum absolute atomic E-state index is 0.0560. The van der Waals surface area contributed by atoms with Crippen LogP contribution in [0, 0.1) is 24.0 Å². The zero-order valence-electron chi connectivity index (χ0n) is 14.2. The number of nitrogens with zero attached hydrogens (tertiary/aromatic N) is 2. The zero-order valence-corrected chi connectivity index (χ0v) is 14.2. The quantitative estimate of drug-likeness (QED) is 0.608. The van der Waals surface area contributed by atoms with Crippen molar-refractivity contribution >= 4 is 11.6 Å². The molecule has 0 bridgehead atoms. The molecule has 132 valence electrons. The predicted molar refractivity (Wildman–Crippen MR) is 90.1 cm³/mol. The van der Waals surface area contributed by atoms with Crippen LogP contribution in [0.2, 0.25) is 0 Å². The fraction of sp³-hybridized carbons (Fsp3) is 0.294. The van der Waals surface area contributed by atoms with Gasteiger partial charge in [-0.1, -0.05) is 0 Å². The summed E-state index contributed by atoms with van der Waals surface area (Å²) in [5, 5.41) is 11.0. The third-order valence-corrected chi connectivity index (χ3v) is 3.91. The van der Waals surface area contributed by atoms with Crippen LogP contribution in [-0.4, -0.2) is 22.9 Å². The molecule has 1 aromatic heterocycles. The van der Waals surface area contributed by atoms with Crippen LogP contribution < -0.4 is 10.5 Å². The number of ether oxygens (including phenoxy) is 2. The van der Waals surface area contributed by atoms with Crippen LogP contribution >= 0.6 is 0 Å². The van der Waals surface area contributed by atoms with Crippen LogP contribution in [0.3, 0.4) is 0 Å². The molecule has 1 aromatic carbocycles. The standard InChI is InChI=1S/C17H19N3O5/c1-10-11(2)15(5-4-14(10)20(22)23)25-9-12-6-7-19-13(8-12)16(24-3)17(18)21/h4-8,16H,9H2,1-3H3,(H2,18,21). The van der Waals surface area contributed by atoms with Crippen molar-refractivity contribution in [2.24, 2.45) is 5.73 Å². The fourth-order valence-electron chi connectivity index (χ4n) is 2.41. The summed E-state index contributed by atoms with van der Waals surface area (Å²) >= 11 is 0. The average molecular weight is 345 g/mol. The van der Waals surface area contributed by atoms with Gasteiger partial charge in [0.05, 0.1) is 10.6 Å². The molecule has 2 N–H and O–H groups in total. The van der Waals surface area contributed by atoms with Crippen molar-refractivity contribution in [1.82, 2.24) is 4.98 Å². The second-order valence-corrected chi connectivity index (χ2v) is 5.49. The maximum absolute atomic E-state index is 11.4. The van der Waals surface area contributed by atoms with E-state index in [-0.39, 0.29) is 12.3 Å². The number of primary amides is 1. The summed E-state index contributed by atoms with van der Waals surface area (Å²) in [7, 11) is 1.38. The highest BCUT2D eigenvalue weighted by Crippen LogP contribution is 2.29. The van der Waals surface area contributed by atoms with Gasteiger partial charge in [0.2, 0.25) is 0 Å². The number of nitrogens with two attached hydrogens (primary N) is 1.